The second-order valence-corrected chi connectivity index (χ2v) is 12.7. The lowest BCUT2D eigenvalue weighted by atomic mass is 9.49. The molecule has 8 atom stereocenters. The fourth-order valence-electron chi connectivity index (χ4n) is 9.06. The SMILES string of the molecule is C[C@]12CC[C@H]3[C@@H](CC[C@@H]4C[C@@](O)(C(F)F)CC[C@@H]43)[C@@H]1CC[C@@H]2C(=O)Cn1ncc2ccc(Cl)cc21. The summed E-state index contributed by atoms with van der Waals surface area (Å²) in [4.78, 5) is 13.6. The minimum absolute atomic E-state index is 0.00403. The summed E-state index contributed by atoms with van der Waals surface area (Å²) < 4.78 is 28.8. The van der Waals surface area contributed by atoms with Gasteiger partial charge in [-0.2, -0.15) is 5.10 Å². The quantitative estimate of drug-likeness (QED) is 0.515. The van der Waals surface area contributed by atoms with Gasteiger partial charge in [0.2, 0.25) is 0 Å². The molecule has 4 fully saturated rings. The molecule has 0 saturated heterocycles. The number of halogens is 3. The van der Waals surface area contributed by atoms with Gasteiger partial charge >= 0.3 is 0 Å². The Morgan fingerprint density at radius 2 is 1.94 bits per heavy atom. The molecule has 1 N–H and O–H groups in total. The van der Waals surface area contributed by atoms with Crippen molar-refractivity contribution in [3.63, 3.8) is 0 Å². The first-order valence-corrected chi connectivity index (χ1v) is 13.7. The molecule has 0 radical (unpaired) electrons. The predicted octanol–water partition coefficient (Wildman–Crippen LogP) is 6.52. The average molecular weight is 505 g/mol. The van der Waals surface area contributed by atoms with Crippen LogP contribution in [0.4, 0.5) is 8.78 Å². The molecule has 0 spiro atoms. The van der Waals surface area contributed by atoms with E-state index in [9.17, 15) is 18.7 Å². The van der Waals surface area contributed by atoms with Gasteiger partial charge in [-0.25, -0.2) is 8.78 Å². The van der Waals surface area contributed by atoms with E-state index in [1.165, 1.54) is 0 Å². The van der Waals surface area contributed by atoms with Gasteiger partial charge in [-0.15, -0.1) is 0 Å². The highest BCUT2D eigenvalue weighted by Crippen LogP contribution is 2.65. The molecule has 2 aromatic rings. The number of fused-ring (bicyclic) bond motifs is 6. The monoisotopic (exact) mass is 504 g/mol. The maximum absolute atomic E-state index is 13.6. The van der Waals surface area contributed by atoms with Gasteiger partial charge in [0.05, 0.1) is 11.7 Å². The predicted molar refractivity (Wildman–Crippen MR) is 131 cm³/mol. The largest absolute Gasteiger partial charge is 0.384 e. The third-order valence-corrected chi connectivity index (χ3v) is 11.0. The average Bonchev–Trinajstić information content (AvgIpc) is 3.38. The fraction of sp³-hybridized carbons (Fsp3) is 0.714. The molecule has 1 aromatic carbocycles. The van der Waals surface area contributed by atoms with Gasteiger partial charge in [0.25, 0.3) is 6.43 Å². The van der Waals surface area contributed by atoms with Crippen LogP contribution in [-0.4, -0.2) is 32.7 Å². The topological polar surface area (TPSA) is 55.1 Å². The summed E-state index contributed by atoms with van der Waals surface area (Å²) in [6.07, 6.45) is 6.44. The highest BCUT2D eigenvalue weighted by atomic mass is 35.5. The third-order valence-electron chi connectivity index (χ3n) is 10.8. The van der Waals surface area contributed by atoms with Gasteiger partial charge in [0.15, 0.2) is 5.78 Å². The second kappa shape index (κ2) is 8.51. The Kier molecular flexibility index (Phi) is 5.80. The van der Waals surface area contributed by atoms with Gasteiger partial charge in [-0.05, 0) is 111 Å². The number of carbonyl (C=O) groups excluding carboxylic acids is 1. The van der Waals surface area contributed by atoms with Crippen LogP contribution in [0.2, 0.25) is 5.02 Å². The minimum atomic E-state index is -2.65. The number of nitrogens with zero attached hydrogens (tertiary/aromatic N) is 2. The summed E-state index contributed by atoms with van der Waals surface area (Å²) in [6, 6.07) is 5.65. The van der Waals surface area contributed by atoms with Crippen LogP contribution in [0.25, 0.3) is 10.9 Å². The zero-order valence-corrected chi connectivity index (χ0v) is 21.1. The molecular formula is C28H35ClF2N2O2. The summed E-state index contributed by atoms with van der Waals surface area (Å²) >= 11 is 6.19. The van der Waals surface area contributed by atoms with E-state index in [0.29, 0.717) is 35.1 Å². The van der Waals surface area contributed by atoms with E-state index >= 15 is 0 Å². The van der Waals surface area contributed by atoms with E-state index in [2.05, 4.69) is 12.0 Å². The molecule has 0 aliphatic heterocycles. The molecular weight excluding hydrogens is 470 g/mol. The fourth-order valence-corrected chi connectivity index (χ4v) is 9.23. The zero-order valence-electron chi connectivity index (χ0n) is 20.3. The summed E-state index contributed by atoms with van der Waals surface area (Å²) in [5, 5.41) is 16.6. The summed E-state index contributed by atoms with van der Waals surface area (Å²) in [7, 11) is 0. The number of aromatic nitrogens is 2. The normalized spacial score (nSPS) is 41.0. The first-order chi connectivity index (χ1) is 16.7. The van der Waals surface area contributed by atoms with Crippen molar-refractivity contribution in [1.29, 1.82) is 0 Å². The van der Waals surface area contributed by atoms with E-state index < -0.39 is 12.0 Å². The number of hydrogen-bond acceptors (Lipinski definition) is 3. The van der Waals surface area contributed by atoms with Crippen molar-refractivity contribution in [3.8, 4) is 0 Å². The van der Waals surface area contributed by atoms with E-state index in [0.717, 1.165) is 49.4 Å². The molecule has 1 heterocycles. The number of benzene rings is 1. The smallest absolute Gasteiger partial charge is 0.266 e. The Balaban J connectivity index is 1.18. The lowest BCUT2D eigenvalue weighted by Gasteiger charge is -2.57. The molecule has 7 heteroatoms. The molecule has 4 nitrogen and oxygen atoms in total. The van der Waals surface area contributed by atoms with Crippen LogP contribution in [0.5, 0.6) is 0 Å². The molecule has 0 unspecified atom stereocenters. The standard InChI is InChI=1S/C28H35ClF2N2O2/c1-27-10-8-20-19-9-11-28(35,26(30)31)13-16(19)3-5-21(20)22(27)6-7-23(27)25(34)15-33-24-12-18(29)4-2-17(24)14-32-33/h2,4,12,14,16,19-23,26,35H,3,5-11,13,15H2,1H3/t16-,19+,20-,21-,22+,23-,27+,28-/m1/s1. The van der Waals surface area contributed by atoms with Gasteiger partial charge in [0, 0.05) is 16.3 Å². The van der Waals surface area contributed by atoms with Gasteiger partial charge in [-0.3, -0.25) is 9.48 Å². The van der Waals surface area contributed by atoms with Crippen molar-refractivity contribution >= 4 is 28.3 Å². The first-order valence-electron chi connectivity index (χ1n) is 13.3. The number of ketones is 1. The number of rotatable bonds is 4. The van der Waals surface area contributed by atoms with Gasteiger partial charge in [0.1, 0.15) is 12.1 Å². The van der Waals surface area contributed by atoms with Crippen molar-refractivity contribution in [2.75, 3.05) is 0 Å². The Morgan fingerprint density at radius 3 is 2.74 bits per heavy atom. The van der Waals surface area contributed by atoms with Crippen molar-refractivity contribution < 1.29 is 18.7 Å². The summed E-state index contributed by atoms with van der Waals surface area (Å²) in [6.45, 7) is 2.62. The van der Waals surface area contributed by atoms with Gasteiger partial charge in [-0.1, -0.05) is 18.5 Å². The van der Waals surface area contributed by atoms with Gasteiger partial charge < -0.3 is 5.11 Å². The molecule has 4 aliphatic rings. The van der Waals surface area contributed by atoms with Crippen molar-refractivity contribution in [2.24, 2.45) is 40.9 Å². The molecule has 4 saturated carbocycles. The Hall–Kier alpha value is -1.53. The molecule has 190 valence electrons. The maximum atomic E-state index is 13.6. The van der Waals surface area contributed by atoms with E-state index in [1.807, 2.05) is 18.2 Å². The van der Waals surface area contributed by atoms with E-state index in [-0.39, 0.29) is 42.4 Å². The number of hydrogen-bond donors (Lipinski definition) is 1. The van der Waals surface area contributed by atoms with Crippen LogP contribution >= 0.6 is 11.6 Å². The van der Waals surface area contributed by atoms with Crippen LogP contribution in [0.15, 0.2) is 24.4 Å². The summed E-state index contributed by atoms with van der Waals surface area (Å²) in [5.74, 6) is 2.64. The highest BCUT2D eigenvalue weighted by molar-refractivity contribution is 6.31. The third kappa shape index (κ3) is 3.77. The Bertz CT molecular complexity index is 1140. The van der Waals surface area contributed by atoms with E-state index in [4.69, 9.17) is 11.6 Å². The van der Waals surface area contributed by atoms with Crippen LogP contribution in [0, 0.1) is 40.9 Å². The number of aliphatic hydroxyl groups is 1. The van der Waals surface area contributed by atoms with Crippen LogP contribution in [0.3, 0.4) is 0 Å². The number of Topliss-reactive ketones (excluding diaryl/α,β-unsaturated/α-hetero) is 1. The van der Waals surface area contributed by atoms with Crippen LogP contribution < -0.4 is 0 Å². The van der Waals surface area contributed by atoms with E-state index in [1.54, 1.807) is 10.9 Å². The second-order valence-electron chi connectivity index (χ2n) is 12.2. The number of carbonyl (C=O) groups is 1. The van der Waals surface area contributed by atoms with Crippen LogP contribution in [0.1, 0.15) is 64.7 Å². The molecule has 0 bridgehead atoms. The molecule has 0 amide bonds. The molecule has 4 aliphatic carbocycles. The maximum Gasteiger partial charge on any atom is 0.266 e. The molecule has 1 aromatic heterocycles. The van der Waals surface area contributed by atoms with Crippen LogP contribution in [-0.2, 0) is 11.3 Å². The molecule has 6 rings (SSSR count). The Morgan fingerprint density at radius 1 is 1.14 bits per heavy atom. The van der Waals surface area contributed by atoms with Crippen molar-refractivity contribution in [3.05, 3.63) is 29.4 Å². The lowest BCUT2D eigenvalue weighted by molar-refractivity contribution is -0.160. The zero-order chi connectivity index (χ0) is 24.5. The number of alkyl halides is 2. The lowest BCUT2D eigenvalue weighted by Crippen LogP contribution is -2.53. The van der Waals surface area contributed by atoms with Crippen molar-refractivity contribution in [2.45, 2.75) is 83.3 Å². The van der Waals surface area contributed by atoms with Crippen molar-refractivity contribution in [1.82, 2.24) is 9.78 Å². The minimum Gasteiger partial charge on any atom is -0.384 e. The molecule has 35 heavy (non-hydrogen) atoms. The summed E-state index contributed by atoms with van der Waals surface area (Å²) in [5.41, 5.74) is -0.888. The first kappa shape index (κ1) is 23.8. The Labute approximate surface area is 210 Å². The highest BCUT2D eigenvalue weighted by Gasteiger charge is 2.59.